The predicted molar refractivity (Wildman–Crippen MR) is 143 cm³/mol. The molecule has 1 aliphatic rings. The zero-order valence-corrected chi connectivity index (χ0v) is 21.2. The highest BCUT2D eigenvalue weighted by molar-refractivity contribution is 6.04. The van der Waals surface area contributed by atoms with Crippen LogP contribution in [0.15, 0.2) is 54.7 Å². The fraction of sp³-hybridized carbons (Fsp3) is 0.276. The molecule has 0 radical (unpaired) electrons. The number of amides is 2. The van der Waals surface area contributed by atoms with E-state index < -0.39 is 5.92 Å². The van der Waals surface area contributed by atoms with Crippen molar-refractivity contribution in [1.82, 2.24) is 14.8 Å². The summed E-state index contributed by atoms with van der Waals surface area (Å²) in [5, 5.41) is 18.0. The third-order valence-electron chi connectivity index (χ3n) is 6.99. The van der Waals surface area contributed by atoms with E-state index in [1.54, 1.807) is 4.90 Å². The first kappa shape index (κ1) is 24.2. The molecule has 1 saturated heterocycles. The maximum Gasteiger partial charge on any atom is 0.231 e. The molecular formula is C29H28N6O2. The number of pyridine rings is 1. The smallest absolute Gasteiger partial charge is 0.231 e. The molecule has 0 spiro atoms. The highest BCUT2D eigenvalue weighted by Gasteiger charge is 2.37. The van der Waals surface area contributed by atoms with Crippen LogP contribution in [0.4, 0.5) is 11.5 Å². The van der Waals surface area contributed by atoms with E-state index in [1.165, 1.54) is 10.9 Å². The Morgan fingerprint density at radius 1 is 1.14 bits per heavy atom. The van der Waals surface area contributed by atoms with Crippen molar-refractivity contribution in [2.45, 2.75) is 40.0 Å². The summed E-state index contributed by atoms with van der Waals surface area (Å²) in [6.45, 7) is 6.40. The Bertz CT molecular complexity index is 1540. The van der Waals surface area contributed by atoms with Crippen LogP contribution < -0.4 is 10.2 Å². The van der Waals surface area contributed by atoms with Gasteiger partial charge in [0.25, 0.3) is 0 Å². The van der Waals surface area contributed by atoms with E-state index in [9.17, 15) is 14.9 Å². The van der Waals surface area contributed by atoms with E-state index in [4.69, 9.17) is 4.98 Å². The third kappa shape index (κ3) is 4.33. The number of para-hydroxylation sites is 2. The number of hydrogen-bond acceptors (Lipinski definition) is 5. The number of rotatable bonds is 6. The lowest BCUT2D eigenvalue weighted by molar-refractivity contribution is -0.122. The summed E-state index contributed by atoms with van der Waals surface area (Å²) >= 11 is 0. The lowest BCUT2D eigenvalue weighted by Gasteiger charge is -2.23. The Morgan fingerprint density at radius 2 is 1.86 bits per heavy atom. The summed E-state index contributed by atoms with van der Waals surface area (Å²) in [6, 6.07) is 17.8. The van der Waals surface area contributed by atoms with Crippen LogP contribution in [-0.4, -0.2) is 33.1 Å². The van der Waals surface area contributed by atoms with Gasteiger partial charge in [-0.05, 0) is 48.6 Å². The van der Waals surface area contributed by atoms with Crippen molar-refractivity contribution < 1.29 is 9.59 Å². The molecule has 5 rings (SSSR count). The van der Waals surface area contributed by atoms with Gasteiger partial charge in [0.2, 0.25) is 11.8 Å². The van der Waals surface area contributed by atoms with Crippen LogP contribution in [0.1, 0.15) is 42.5 Å². The molecule has 4 aromatic rings. The molecule has 1 atom stereocenters. The summed E-state index contributed by atoms with van der Waals surface area (Å²) < 4.78 is 1.48. The topological polar surface area (TPSA) is 104 Å². The zero-order chi connectivity index (χ0) is 26.1. The Labute approximate surface area is 215 Å². The minimum Gasteiger partial charge on any atom is -0.311 e. The van der Waals surface area contributed by atoms with Gasteiger partial charge >= 0.3 is 0 Å². The Morgan fingerprint density at radius 3 is 2.57 bits per heavy atom. The third-order valence-corrected chi connectivity index (χ3v) is 6.99. The maximum absolute atomic E-state index is 13.4. The monoisotopic (exact) mass is 492 g/mol. The van der Waals surface area contributed by atoms with E-state index in [-0.39, 0.29) is 36.2 Å². The van der Waals surface area contributed by atoms with Crippen LogP contribution >= 0.6 is 0 Å². The van der Waals surface area contributed by atoms with Crippen LogP contribution in [0.25, 0.3) is 16.7 Å². The minimum atomic E-state index is -0.552. The van der Waals surface area contributed by atoms with Gasteiger partial charge in [0.15, 0.2) is 11.6 Å². The van der Waals surface area contributed by atoms with Crippen LogP contribution in [-0.2, 0) is 22.4 Å². The fourth-order valence-electron chi connectivity index (χ4n) is 5.04. The van der Waals surface area contributed by atoms with Gasteiger partial charge in [-0.15, -0.1) is 0 Å². The molecule has 0 aliphatic carbocycles. The zero-order valence-electron chi connectivity index (χ0n) is 21.2. The number of nitriles is 1. The molecule has 1 fully saturated rings. The van der Waals surface area contributed by atoms with Gasteiger partial charge in [0.1, 0.15) is 11.6 Å². The highest BCUT2D eigenvalue weighted by atomic mass is 16.2. The number of carbonyl (C=O) groups is 2. The van der Waals surface area contributed by atoms with Crippen LogP contribution in [0.5, 0.6) is 0 Å². The first-order valence-electron chi connectivity index (χ1n) is 12.5. The molecule has 2 amide bonds. The number of nitrogens with zero attached hydrogens (tertiary/aromatic N) is 5. The fourth-order valence-corrected chi connectivity index (χ4v) is 5.04. The average molecular weight is 493 g/mol. The van der Waals surface area contributed by atoms with Gasteiger partial charge in [-0.2, -0.15) is 15.0 Å². The Kier molecular flexibility index (Phi) is 6.45. The quantitative estimate of drug-likeness (QED) is 0.420. The minimum absolute atomic E-state index is 0.0726. The molecule has 1 N–H and O–H groups in total. The number of hydrogen-bond donors (Lipinski definition) is 1. The number of fused-ring (bicyclic) bond motifs is 1. The molecule has 1 unspecified atom stereocenters. The standard InChI is InChI=1S/C29H28N6O2/c1-4-19-9-8-10-20(5-2)27(19)34-17-21(14-26(34)36)29(37)33-28-22(15-30)16-31-35(28)25-13-18(3)23-11-6-7-12-24(23)32-25/h6-13,16,21H,4-5,14,17H2,1-3H3,(H,33,37). The average Bonchev–Trinajstić information content (AvgIpc) is 3.51. The normalized spacial score (nSPS) is 15.2. The summed E-state index contributed by atoms with van der Waals surface area (Å²) in [6.07, 6.45) is 3.12. The number of carbonyl (C=O) groups excluding carboxylic acids is 2. The van der Waals surface area contributed by atoms with E-state index >= 15 is 0 Å². The van der Waals surface area contributed by atoms with Crippen LogP contribution in [0, 0.1) is 24.2 Å². The van der Waals surface area contributed by atoms with Gasteiger partial charge in [0, 0.05) is 24.0 Å². The van der Waals surface area contributed by atoms with E-state index in [2.05, 4.69) is 30.3 Å². The second-order valence-corrected chi connectivity index (χ2v) is 9.27. The second-order valence-electron chi connectivity index (χ2n) is 9.27. The number of nitrogens with one attached hydrogen (secondary N) is 1. The number of benzene rings is 2. The summed E-state index contributed by atoms with van der Waals surface area (Å²) in [5.41, 5.74) is 5.14. The van der Waals surface area contributed by atoms with Gasteiger partial charge in [-0.3, -0.25) is 9.59 Å². The number of anilines is 2. The first-order valence-corrected chi connectivity index (χ1v) is 12.5. The van der Waals surface area contributed by atoms with E-state index in [0.29, 0.717) is 5.82 Å². The molecule has 0 bridgehead atoms. The predicted octanol–water partition coefficient (Wildman–Crippen LogP) is 4.72. The molecule has 1 aliphatic heterocycles. The van der Waals surface area contributed by atoms with Crippen molar-refractivity contribution in [2.24, 2.45) is 5.92 Å². The molecule has 2 aromatic heterocycles. The lowest BCUT2D eigenvalue weighted by Crippen LogP contribution is -2.30. The van der Waals surface area contributed by atoms with Crippen molar-refractivity contribution in [3.05, 3.63) is 77.0 Å². The van der Waals surface area contributed by atoms with Crippen molar-refractivity contribution in [3.63, 3.8) is 0 Å². The van der Waals surface area contributed by atoms with Crippen molar-refractivity contribution >= 4 is 34.2 Å². The number of aromatic nitrogens is 3. The summed E-state index contributed by atoms with van der Waals surface area (Å²) in [4.78, 5) is 32.9. The number of aryl methyl sites for hydroxylation is 3. The Hall–Kier alpha value is -4.51. The SMILES string of the molecule is CCc1cccc(CC)c1N1CC(C(=O)Nc2c(C#N)cnn2-c2cc(C)c3ccccc3n2)CC1=O. The maximum atomic E-state index is 13.4. The second kappa shape index (κ2) is 9.86. The molecule has 2 aromatic carbocycles. The molecular weight excluding hydrogens is 464 g/mol. The van der Waals surface area contributed by atoms with E-state index in [0.717, 1.165) is 46.1 Å². The van der Waals surface area contributed by atoms with Gasteiger partial charge in [0.05, 0.1) is 17.6 Å². The van der Waals surface area contributed by atoms with Gasteiger partial charge in [-0.1, -0.05) is 50.2 Å². The molecule has 186 valence electrons. The first-order chi connectivity index (χ1) is 17.9. The largest absolute Gasteiger partial charge is 0.311 e. The van der Waals surface area contributed by atoms with Crippen molar-refractivity contribution in [2.75, 3.05) is 16.8 Å². The van der Waals surface area contributed by atoms with Crippen molar-refractivity contribution in [1.29, 1.82) is 5.26 Å². The van der Waals surface area contributed by atoms with Crippen LogP contribution in [0.3, 0.4) is 0 Å². The lowest BCUT2D eigenvalue weighted by atomic mass is 10.0. The molecule has 37 heavy (non-hydrogen) atoms. The van der Waals surface area contributed by atoms with E-state index in [1.807, 2.05) is 55.5 Å². The molecule has 8 heteroatoms. The summed E-state index contributed by atoms with van der Waals surface area (Å²) in [7, 11) is 0. The summed E-state index contributed by atoms with van der Waals surface area (Å²) in [5.74, 6) is -0.191. The van der Waals surface area contributed by atoms with Crippen LogP contribution in [0.2, 0.25) is 0 Å². The molecule has 3 heterocycles. The molecule has 0 saturated carbocycles. The van der Waals surface area contributed by atoms with Gasteiger partial charge in [-0.25, -0.2) is 4.98 Å². The molecule has 8 nitrogen and oxygen atoms in total. The highest BCUT2D eigenvalue weighted by Crippen LogP contribution is 2.33. The van der Waals surface area contributed by atoms with Crippen molar-refractivity contribution in [3.8, 4) is 11.9 Å². The Balaban J connectivity index is 1.44. The van der Waals surface area contributed by atoms with Gasteiger partial charge < -0.3 is 10.2 Å².